The monoisotopic (exact) mass is 387 g/mol. The first-order valence-electron chi connectivity index (χ1n) is 8.62. The van der Waals surface area contributed by atoms with Crippen molar-refractivity contribution >= 4 is 29.1 Å². The number of rotatable bonds is 7. The third-order valence-corrected chi connectivity index (χ3v) is 5.00. The van der Waals surface area contributed by atoms with Gasteiger partial charge in [0.05, 0.1) is 18.2 Å². The maximum Gasteiger partial charge on any atom is 0.258 e. The molecular weight excluding hydrogens is 366 g/mol. The Balaban J connectivity index is 1.63. The van der Waals surface area contributed by atoms with Crippen LogP contribution in [0.25, 0.3) is 6.08 Å². The lowest BCUT2D eigenvalue weighted by molar-refractivity contribution is -0.124. The number of ether oxygens (including phenoxy) is 2. The molecule has 0 fully saturated rings. The molecule has 7 heteroatoms. The Labute approximate surface area is 161 Å². The SMILES string of the molecule is CC(C)[C@H](CO)NC(=O)COc1ccc2c(c1)O/C(=C\c1cccs1)C2=O. The largest absolute Gasteiger partial charge is 0.484 e. The zero-order valence-electron chi connectivity index (χ0n) is 15.1. The lowest BCUT2D eigenvalue weighted by Crippen LogP contribution is -2.43. The van der Waals surface area contributed by atoms with Crippen molar-refractivity contribution in [1.29, 1.82) is 0 Å². The van der Waals surface area contributed by atoms with Gasteiger partial charge in [0.15, 0.2) is 12.4 Å². The lowest BCUT2D eigenvalue weighted by atomic mass is 10.1. The van der Waals surface area contributed by atoms with E-state index in [1.165, 1.54) is 11.3 Å². The van der Waals surface area contributed by atoms with Gasteiger partial charge in [-0.05, 0) is 29.5 Å². The third-order valence-electron chi connectivity index (χ3n) is 4.18. The summed E-state index contributed by atoms with van der Waals surface area (Å²) in [7, 11) is 0. The number of Topliss-reactive ketones (excluding diaryl/α,β-unsaturated/α-hetero) is 1. The van der Waals surface area contributed by atoms with Crippen molar-refractivity contribution in [3.05, 3.63) is 51.9 Å². The van der Waals surface area contributed by atoms with Gasteiger partial charge in [-0.15, -0.1) is 11.3 Å². The number of hydrogen-bond donors (Lipinski definition) is 2. The summed E-state index contributed by atoms with van der Waals surface area (Å²) in [5.74, 6) is 0.733. The lowest BCUT2D eigenvalue weighted by Gasteiger charge is -2.19. The summed E-state index contributed by atoms with van der Waals surface area (Å²) in [5, 5.41) is 13.9. The number of amides is 1. The average molecular weight is 387 g/mol. The number of allylic oxidation sites excluding steroid dienone is 1. The summed E-state index contributed by atoms with van der Waals surface area (Å²) < 4.78 is 11.2. The maximum absolute atomic E-state index is 12.4. The molecule has 0 radical (unpaired) electrons. The summed E-state index contributed by atoms with van der Waals surface area (Å²) >= 11 is 1.52. The van der Waals surface area contributed by atoms with Crippen molar-refractivity contribution in [1.82, 2.24) is 5.32 Å². The van der Waals surface area contributed by atoms with E-state index in [2.05, 4.69) is 5.32 Å². The predicted octanol–water partition coefficient (Wildman–Crippen LogP) is 2.88. The van der Waals surface area contributed by atoms with E-state index in [-0.39, 0.29) is 42.6 Å². The number of aliphatic hydroxyl groups excluding tert-OH is 1. The van der Waals surface area contributed by atoms with Crippen LogP contribution in [0.15, 0.2) is 41.5 Å². The van der Waals surface area contributed by atoms with Gasteiger partial charge in [0.2, 0.25) is 5.78 Å². The highest BCUT2D eigenvalue weighted by molar-refractivity contribution is 7.10. The van der Waals surface area contributed by atoms with Crippen LogP contribution < -0.4 is 14.8 Å². The fourth-order valence-corrected chi connectivity index (χ4v) is 3.23. The molecule has 0 bridgehead atoms. The number of aliphatic hydroxyl groups is 1. The highest BCUT2D eigenvalue weighted by Gasteiger charge is 2.28. The Morgan fingerprint density at radius 3 is 2.85 bits per heavy atom. The van der Waals surface area contributed by atoms with Crippen molar-refractivity contribution in [2.24, 2.45) is 5.92 Å². The van der Waals surface area contributed by atoms with Crippen LogP contribution in [0, 0.1) is 5.92 Å². The van der Waals surface area contributed by atoms with Crippen LogP contribution in [0.1, 0.15) is 29.1 Å². The van der Waals surface area contributed by atoms with Crippen molar-refractivity contribution in [3.63, 3.8) is 0 Å². The Morgan fingerprint density at radius 1 is 1.37 bits per heavy atom. The minimum atomic E-state index is -0.321. The van der Waals surface area contributed by atoms with Crippen molar-refractivity contribution < 1.29 is 24.2 Å². The molecule has 0 saturated carbocycles. The molecule has 2 heterocycles. The standard InChI is InChI=1S/C20H21NO5S/c1-12(2)16(10-22)21-19(23)11-25-13-5-6-15-17(8-13)26-18(20(15)24)9-14-4-3-7-27-14/h3-9,12,16,22H,10-11H2,1-2H3,(H,21,23)/b18-9-/t16-/m0/s1. The summed E-state index contributed by atoms with van der Waals surface area (Å²) in [6.45, 7) is 3.52. The first kappa shape index (κ1) is 19.1. The number of hydrogen-bond acceptors (Lipinski definition) is 6. The number of benzene rings is 1. The van der Waals surface area contributed by atoms with Gasteiger partial charge in [-0.25, -0.2) is 0 Å². The minimum absolute atomic E-state index is 0.118. The van der Waals surface area contributed by atoms with Gasteiger partial charge in [-0.2, -0.15) is 0 Å². The fourth-order valence-electron chi connectivity index (χ4n) is 2.58. The topological polar surface area (TPSA) is 84.9 Å². The van der Waals surface area contributed by atoms with Crippen LogP contribution in [0.3, 0.4) is 0 Å². The van der Waals surface area contributed by atoms with Crippen molar-refractivity contribution in [2.75, 3.05) is 13.2 Å². The Bertz CT molecular complexity index is 857. The molecule has 6 nitrogen and oxygen atoms in total. The molecule has 1 aromatic carbocycles. The average Bonchev–Trinajstić information content (AvgIpc) is 3.26. The Morgan fingerprint density at radius 2 is 2.19 bits per heavy atom. The molecule has 0 unspecified atom stereocenters. The highest BCUT2D eigenvalue weighted by atomic mass is 32.1. The molecule has 27 heavy (non-hydrogen) atoms. The summed E-state index contributed by atoms with van der Waals surface area (Å²) in [6, 6.07) is 8.36. The second-order valence-corrected chi connectivity index (χ2v) is 7.48. The van der Waals surface area contributed by atoms with E-state index in [1.807, 2.05) is 31.4 Å². The van der Waals surface area contributed by atoms with Crippen molar-refractivity contribution in [2.45, 2.75) is 19.9 Å². The smallest absolute Gasteiger partial charge is 0.258 e. The van der Waals surface area contributed by atoms with Gasteiger partial charge in [-0.3, -0.25) is 9.59 Å². The maximum atomic E-state index is 12.4. The van der Waals surface area contributed by atoms with Crippen LogP contribution in [-0.2, 0) is 4.79 Å². The molecule has 3 rings (SSSR count). The number of carbonyl (C=O) groups excluding carboxylic acids is 2. The number of ketones is 1. The molecule has 0 saturated heterocycles. The van der Waals surface area contributed by atoms with E-state index < -0.39 is 0 Å². The third kappa shape index (κ3) is 4.56. The number of nitrogens with one attached hydrogen (secondary N) is 1. The molecule has 142 valence electrons. The zero-order valence-corrected chi connectivity index (χ0v) is 15.9. The van der Waals surface area contributed by atoms with E-state index in [4.69, 9.17) is 9.47 Å². The first-order valence-corrected chi connectivity index (χ1v) is 9.50. The van der Waals surface area contributed by atoms with Crippen molar-refractivity contribution in [3.8, 4) is 11.5 Å². The normalized spacial score (nSPS) is 15.6. The van der Waals surface area contributed by atoms with Gasteiger partial charge in [-0.1, -0.05) is 19.9 Å². The van der Waals surface area contributed by atoms with E-state index in [0.717, 1.165) is 4.88 Å². The van der Waals surface area contributed by atoms with E-state index in [1.54, 1.807) is 24.3 Å². The van der Waals surface area contributed by atoms with Crippen LogP contribution in [0.4, 0.5) is 0 Å². The molecular formula is C20H21NO5S. The van der Waals surface area contributed by atoms with Gasteiger partial charge >= 0.3 is 0 Å². The fraction of sp³-hybridized carbons (Fsp3) is 0.300. The Kier molecular flexibility index (Phi) is 5.93. The van der Waals surface area contributed by atoms with E-state index >= 15 is 0 Å². The quantitative estimate of drug-likeness (QED) is 0.714. The predicted molar refractivity (Wildman–Crippen MR) is 103 cm³/mol. The molecule has 1 aliphatic heterocycles. The summed E-state index contributed by atoms with van der Waals surface area (Å²) in [5.41, 5.74) is 0.467. The van der Waals surface area contributed by atoms with Gasteiger partial charge in [0.1, 0.15) is 11.5 Å². The summed E-state index contributed by atoms with van der Waals surface area (Å²) in [6.07, 6.45) is 1.71. The Hall–Kier alpha value is -2.64. The first-order chi connectivity index (χ1) is 13.0. The van der Waals surface area contributed by atoms with E-state index in [9.17, 15) is 14.7 Å². The minimum Gasteiger partial charge on any atom is -0.484 e. The summed E-state index contributed by atoms with van der Waals surface area (Å²) in [4.78, 5) is 25.3. The zero-order chi connectivity index (χ0) is 19.4. The second kappa shape index (κ2) is 8.37. The highest BCUT2D eigenvalue weighted by Crippen LogP contribution is 2.35. The van der Waals surface area contributed by atoms with Crippen LogP contribution in [0.5, 0.6) is 11.5 Å². The van der Waals surface area contributed by atoms with Crippen LogP contribution >= 0.6 is 11.3 Å². The molecule has 0 aliphatic carbocycles. The van der Waals surface area contributed by atoms with Crippen LogP contribution in [-0.4, -0.2) is 36.1 Å². The number of fused-ring (bicyclic) bond motifs is 1. The van der Waals surface area contributed by atoms with Gasteiger partial charge in [0.25, 0.3) is 5.91 Å². The number of thiophene rings is 1. The molecule has 2 N–H and O–H groups in total. The molecule has 1 aliphatic rings. The molecule has 1 atom stereocenters. The number of carbonyl (C=O) groups is 2. The van der Waals surface area contributed by atoms with Gasteiger partial charge < -0.3 is 19.9 Å². The second-order valence-electron chi connectivity index (χ2n) is 6.50. The molecule has 2 aromatic rings. The van der Waals surface area contributed by atoms with E-state index in [0.29, 0.717) is 17.1 Å². The van der Waals surface area contributed by atoms with Gasteiger partial charge in [0, 0.05) is 17.0 Å². The molecule has 0 spiro atoms. The van der Waals surface area contributed by atoms with Crippen LogP contribution in [0.2, 0.25) is 0 Å². The molecule has 1 aromatic heterocycles. The molecule has 1 amide bonds.